The van der Waals surface area contributed by atoms with Crippen LogP contribution in [0.1, 0.15) is 33.1 Å². The molecule has 0 heterocycles. The van der Waals surface area contributed by atoms with Crippen LogP contribution in [0.15, 0.2) is 0 Å². The van der Waals surface area contributed by atoms with Gasteiger partial charge in [-0.3, -0.25) is 4.79 Å². The quantitative estimate of drug-likeness (QED) is 0.610. The second-order valence-electron chi connectivity index (χ2n) is 4.21. The number of rotatable bonds is 8. The van der Waals surface area contributed by atoms with E-state index in [9.17, 15) is 4.79 Å². The van der Waals surface area contributed by atoms with Crippen LogP contribution in [-0.4, -0.2) is 42.5 Å². The van der Waals surface area contributed by atoms with Crippen molar-refractivity contribution < 1.29 is 4.79 Å². The van der Waals surface area contributed by atoms with E-state index in [4.69, 9.17) is 5.73 Å². The molecule has 1 fully saturated rings. The van der Waals surface area contributed by atoms with E-state index in [-0.39, 0.29) is 11.9 Å². The third-order valence-electron chi connectivity index (χ3n) is 2.99. The van der Waals surface area contributed by atoms with Crippen LogP contribution in [0.3, 0.4) is 0 Å². The van der Waals surface area contributed by atoms with E-state index in [1.54, 1.807) is 0 Å². The SMILES string of the molecule is CCN(CC)CCC(NC1CC1)C(N)=O. The highest BCUT2D eigenvalue weighted by Crippen LogP contribution is 2.19. The number of hydrogen-bond donors (Lipinski definition) is 2. The molecular weight excluding hydrogens is 190 g/mol. The zero-order valence-corrected chi connectivity index (χ0v) is 9.83. The molecule has 0 aliphatic heterocycles. The van der Waals surface area contributed by atoms with Gasteiger partial charge in [0.05, 0.1) is 6.04 Å². The molecule has 0 aromatic carbocycles. The van der Waals surface area contributed by atoms with Gasteiger partial charge in [0.1, 0.15) is 0 Å². The Balaban J connectivity index is 2.26. The number of hydrogen-bond acceptors (Lipinski definition) is 3. The maximum absolute atomic E-state index is 11.2. The van der Waals surface area contributed by atoms with Crippen LogP contribution in [-0.2, 0) is 4.79 Å². The van der Waals surface area contributed by atoms with Crippen molar-refractivity contribution in [1.82, 2.24) is 10.2 Å². The molecule has 88 valence electrons. The summed E-state index contributed by atoms with van der Waals surface area (Å²) in [6.45, 7) is 7.28. The second-order valence-corrected chi connectivity index (χ2v) is 4.21. The van der Waals surface area contributed by atoms with Gasteiger partial charge in [0.2, 0.25) is 5.91 Å². The highest BCUT2D eigenvalue weighted by atomic mass is 16.1. The van der Waals surface area contributed by atoms with Crippen molar-refractivity contribution in [2.75, 3.05) is 19.6 Å². The Kier molecular flexibility index (Phi) is 5.05. The predicted molar refractivity (Wildman–Crippen MR) is 61.5 cm³/mol. The average Bonchev–Trinajstić information content (AvgIpc) is 3.01. The van der Waals surface area contributed by atoms with Crippen molar-refractivity contribution >= 4 is 5.91 Å². The summed E-state index contributed by atoms with van der Waals surface area (Å²) in [5, 5.41) is 3.29. The van der Waals surface area contributed by atoms with Crippen LogP contribution in [0.25, 0.3) is 0 Å². The van der Waals surface area contributed by atoms with Crippen LogP contribution in [0.5, 0.6) is 0 Å². The van der Waals surface area contributed by atoms with Gasteiger partial charge in [0.15, 0.2) is 0 Å². The second kappa shape index (κ2) is 6.08. The number of primary amides is 1. The fourth-order valence-electron chi connectivity index (χ4n) is 1.69. The first-order valence-electron chi connectivity index (χ1n) is 5.95. The molecule has 1 atom stereocenters. The summed E-state index contributed by atoms with van der Waals surface area (Å²) >= 11 is 0. The van der Waals surface area contributed by atoms with Gasteiger partial charge in [-0.15, -0.1) is 0 Å². The molecule has 1 aliphatic rings. The number of carbonyl (C=O) groups excluding carboxylic acids is 1. The lowest BCUT2D eigenvalue weighted by Gasteiger charge is -2.21. The highest BCUT2D eigenvalue weighted by molar-refractivity contribution is 5.79. The maximum atomic E-state index is 11.2. The predicted octanol–water partition coefficient (Wildman–Crippen LogP) is 0.324. The summed E-state index contributed by atoms with van der Waals surface area (Å²) in [4.78, 5) is 13.5. The van der Waals surface area contributed by atoms with Crippen LogP contribution >= 0.6 is 0 Å². The summed E-state index contributed by atoms with van der Waals surface area (Å²) < 4.78 is 0. The Morgan fingerprint density at radius 2 is 2.07 bits per heavy atom. The Labute approximate surface area is 92.2 Å². The summed E-state index contributed by atoms with van der Waals surface area (Å²) in [5.41, 5.74) is 5.36. The van der Waals surface area contributed by atoms with Crippen LogP contribution in [0.2, 0.25) is 0 Å². The van der Waals surface area contributed by atoms with E-state index in [2.05, 4.69) is 24.1 Å². The first-order chi connectivity index (χ1) is 7.17. The molecule has 1 rings (SSSR count). The molecule has 0 aromatic heterocycles. The van der Waals surface area contributed by atoms with Crippen molar-refractivity contribution in [1.29, 1.82) is 0 Å². The summed E-state index contributed by atoms with van der Waals surface area (Å²) in [7, 11) is 0. The van der Waals surface area contributed by atoms with Crippen molar-refractivity contribution in [3.63, 3.8) is 0 Å². The lowest BCUT2D eigenvalue weighted by atomic mass is 10.2. The number of carbonyl (C=O) groups is 1. The number of amides is 1. The van der Waals surface area contributed by atoms with Crippen LogP contribution in [0, 0.1) is 0 Å². The third kappa shape index (κ3) is 4.62. The molecule has 1 unspecified atom stereocenters. The fourth-order valence-corrected chi connectivity index (χ4v) is 1.69. The minimum absolute atomic E-state index is 0.141. The highest BCUT2D eigenvalue weighted by Gasteiger charge is 2.27. The van der Waals surface area contributed by atoms with Gasteiger partial charge in [-0.25, -0.2) is 0 Å². The fraction of sp³-hybridized carbons (Fsp3) is 0.909. The summed E-state index contributed by atoms with van der Waals surface area (Å²) in [6.07, 6.45) is 3.21. The Hall–Kier alpha value is -0.610. The molecule has 0 radical (unpaired) electrons. The van der Waals surface area contributed by atoms with Crippen LogP contribution in [0.4, 0.5) is 0 Å². The Morgan fingerprint density at radius 3 is 2.47 bits per heavy atom. The van der Waals surface area contributed by atoms with Gasteiger partial charge < -0.3 is 16.0 Å². The lowest BCUT2D eigenvalue weighted by molar-refractivity contribution is -0.120. The van der Waals surface area contributed by atoms with E-state index < -0.39 is 0 Å². The number of nitrogens with zero attached hydrogens (tertiary/aromatic N) is 1. The van der Waals surface area contributed by atoms with Gasteiger partial charge in [0.25, 0.3) is 0 Å². The molecule has 0 spiro atoms. The Morgan fingerprint density at radius 1 is 1.47 bits per heavy atom. The molecule has 15 heavy (non-hydrogen) atoms. The van der Waals surface area contributed by atoms with Crippen LogP contribution < -0.4 is 11.1 Å². The standard InChI is InChI=1S/C11H23N3O/c1-3-14(4-2)8-7-10(11(12)15)13-9-5-6-9/h9-10,13H,3-8H2,1-2H3,(H2,12,15). The monoisotopic (exact) mass is 213 g/mol. The molecule has 0 bridgehead atoms. The molecule has 3 N–H and O–H groups in total. The Bertz CT molecular complexity index is 200. The number of nitrogens with two attached hydrogens (primary N) is 1. The molecule has 1 saturated carbocycles. The van der Waals surface area contributed by atoms with Gasteiger partial charge in [-0.1, -0.05) is 13.8 Å². The third-order valence-corrected chi connectivity index (χ3v) is 2.99. The zero-order chi connectivity index (χ0) is 11.3. The largest absolute Gasteiger partial charge is 0.368 e. The van der Waals surface area contributed by atoms with Crippen molar-refractivity contribution in [3.05, 3.63) is 0 Å². The van der Waals surface area contributed by atoms with Crippen molar-refractivity contribution in [2.45, 2.75) is 45.2 Å². The van der Waals surface area contributed by atoms with Gasteiger partial charge in [-0.2, -0.15) is 0 Å². The van der Waals surface area contributed by atoms with Gasteiger partial charge in [-0.05, 0) is 32.4 Å². The normalized spacial score (nSPS) is 18.1. The van der Waals surface area contributed by atoms with E-state index in [0.29, 0.717) is 6.04 Å². The van der Waals surface area contributed by atoms with E-state index >= 15 is 0 Å². The van der Waals surface area contributed by atoms with Crippen molar-refractivity contribution in [3.8, 4) is 0 Å². The van der Waals surface area contributed by atoms with E-state index in [1.165, 1.54) is 12.8 Å². The molecule has 0 saturated heterocycles. The van der Waals surface area contributed by atoms with E-state index in [0.717, 1.165) is 26.1 Å². The van der Waals surface area contributed by atoms with Gasteiger partial charge in [0, 0.05) is 12.6 Å². The lowest BCUT2D eigenvalue weighted by Crippen LogP contribution is -2.44. The molecular formula is C11H23N3O. The smallest absolute Gasteiger partial charge is 0.234 e. The van der Waals surface area contributed by atoms with Crippen molar-refractivity contribution in [2.24, 2.45) is 5.73 Å². The molecule has 4 nitrogen and oxygen atoms in total. The first-order valence-corrected chi connectivity index (χ1v) is 5.95. The first kappa shape index (κ1) is 12.5. The minimum atomic E-state index is -0.214. The topological polar surface area (TPSA) is 58.4 Å². The zero-order valence-electron chi connectivity index (χ0n) is 9.83. The molecule has 4 heteroatoms. The number of nitrogens with one attached hydrogen (secondary N) is 1. The van der Waals surface area contributed by atoms with Gasteiger partial charge >= 0.3 is 0 Å². The van der Waals surface area contributed by atoms with E-state index in [1.807, 2.05) is 0 Å². The molecule has 1 aliphatic carbocycles. The summed E-state index contributed by atoms with van der Waals surface area (Å²) in [6, 6.07) is 0.400. The molecule has 0 aromatic rings. The molecule has 1 amide bonds. The minimum Gasteiger partial charge on any atom is -0.368 e. The maximum Gasteiger partial charge on any atom is 0.234 e. The average molecular weight is 213 g/mol. The summed E-state index contributed by atoms with van der Waals surface area (Å²) in [5.74, 6) is -0.214.